The molecule has 1 aromatic rings. The first-order valence-corrected chi connectivity index (χ1v) is 10.1. The fourth-order valence-electron chi connectivity index (χ4n) is 3.79. The molecule has 2 aliphatic heterocycles. The van der Waals surface area contributed by atoms with Crippen LogP contribution < -0.4 is 5.32 Å². The number of ether oxygens (including phenoxy) is 1. The Hall–Kier alpha value is -1.05. The summed E-state index contributed by atoms with van der Waals surface area (Å²) in [5, 5.41) is 3.18. The summed E-state index contributed by atoms with van der Waals surface area (Å²) in [7, 11) is 0. The number of aromatic nitrogens is 2. The Morgan fingerprint density at radius 3 is 2.56 bits per heavy atom. The molecule has 0 aromatic carbocycles. The third-order valence-corrected chi connectivity index (χ3v) is 6.07. The maximum atomic E-state index is 12.7. The number of likely N-dealkylation sites (tertiary alicyclic amines) is 1. The van der Waals surface area contributed by atoms with Gasteiger partial charge in [-0.3, -0.25) is 4.79 Å². The Bertz CT molecular complexity index is 624. The van der Waals surface area contributed by atoms with Gasteiger partial charge in [0.1, 0.15) is 11.5 Å². The van der Waals surface area contributed by atoms with Crippen molar-refractivity contribution in [1.82, 2.24) is 20.2 Å². The fourth-order valence-corrected chi connectivity index (χ4v) is 4.16. The molecular formula is C18H25BrN4O2. The van der Waals surface area contributed by atoms with E-state index in [9.17, 15) is 4.79 Å². The molecule has 3 aliphatic rings. The predicted molar refractivity (Wildman–Crippen MR) is 97.6 cm³/mol. The lowest BCUT2D eigenvalue weighted by molar-refractivity contribution is 0.0238. The topological polar surface area (TPSA) is 67.4 Å². The van der Waals surface area contributed by atoms with Gasteiger partial charge >= 0.3 is 0 Å². The van der Waals surface area contributed by atoms with E-state index in [-0.39, 0.29) is 11.9 Å². The number of nitrogens with zero attached hydrogens (tertiary/aromatic N) is 3. The van der Waals surface area contributed by atoms with Crippen LogP contribution in [0.2, 0.25) is 0 Å². The molecule has 1 aromatic heterocycles. The van der Waals surface area contributed by atoms with Gasteiger partial charge < -0.3 is 15.0 Å². The summed E-state index contributed by atoms with van der Waals surface area (Å²) in [6.07, 6.45) is 8.25. The highest BCUT2D eigenvalue weighted by Crippen LogP contribution is 2.38. The van der Waals surface area contributed by atoms with E-state index in [0.717, 1.165) is 70.7 Å². The van der Waals surface area contributed by atoms with Crippen LogP contribution in [0.15, 0.2) is 10.7 Å². The Labute approximate surface area is 156 Å². The van der Waals surface area contributed by atoms with Gasteiger partial charge in [0.25, 0.3) is 5.91 Å². The second-order valence-electron chi connectivity index (χ2n) is 7.33. The van der Waals surface area contributed by atoms with Crippen LogP contribution >= 0.6 is 15.9 Å². The minimum atomic E-state index is -0.0827. The fraction of sp³-hybridized carbons (Fsp3) is 0.722. The summed E-state index contributed by atoms with van der Waals surface area (Å²) >= 11 is 3.42. The van der Waals surface area contributed by atoms with E-state index in [2.05, 4.69) is 36.1 Å². The summed E-state index contributed by atoms with van der Waals surface area (Å²) in [6.45, 7) is 3.86. The van der Waals surface area contributed by atoms with E-state index in [1.165, 1.54) is 0 Å². The quantitative estimate of drug-likeness (QED) is 0.828. The normalized spacial score (nSPS) is 23.6. The predicted octanol–water partition coefficient (Wildman–Crippen LogP) is 2.49. The number of nitrogens with one attached hydrogen (secondary N) is 1. The number of carbonyl (C=O) groups excluding carboxylic acids is 1. The molecule has 25 heavy (non-hydrogen) atoms. The smallest absolute Gasteiger partial charge is 0.271 e. The molecule has 0 radical (unpaired) electrons. The van der Waals surface area contributed by atoms with Crippen molar-refractivity contribution in [3.05, 3.63) is 22.2 Å². The van der Waals surface area contributed by atoms with Gasteiger partial charge in [-0.25, -0.2) is 9.97 Å². The van der Waals surface area contributed by atoms with Crippen molar-refractivity contribution in [2.45, 2.75) is 56.5 Å². The number of halogens is 1. The van der Waals surface area contributed by atoms with Crippen LogP contribution in [0.25, 0.3) is 0 Å². The number of amides is 1. The van der Waals surface area contributed by atoms with Crippen LogP contribution in [0, 0.1) is 0 Å². The molecule has 3 heterocycles. The molecule has 0 spiro atoms. The van der Waals surface area contributed by atoms with E-state index >= 15 is 0 Å². The monoisotopic (exact) mass is 408 g/mol. The second kappa shape index (κ2) is 7.68. The van der Waals surface area contributed by atoms with Crippen molar-refractivity contribution in [3.63, 3.8) is 0 Å². The highest BCUT2D eigenvalue weighted by Gasteiger charge is 2.30. The van der Waals surface area contributed by atoms with E-state index in [1.807, 2.05) is 0 Å². The van der Waals surface area contributed by atoms with Crippen LogP contribution in [0.1, 0.15) is 60.8 Å². The molecule has 0 unspecified atom stereocenters. The molecule has 1 aliphatic carbocycles. The van der Waals surface area contributed by atoms with E-state index < -0.39 is 0 Å². The Balaban J connectivity index is 1.32. The summed E-state index contributed by atoms with van der Waals surface area (Å²) in [5.74, 6) is 1.17. The Morgan fingerprint density at radius 2 is 1.88 bits per heavy atom. The zero-order valence-electron chi connectivity index (χ0n) is 14.4. The largest absolute Gasteiger partial charge is 0.381 e. The molecule has 1 N–H and O–H groups in total. The van der Waals surface area contributed by atoms with E-state index in [0.29, 0.717) is 22.1 Å². The zero-order valence-corrected chi connectivity index (χ0v) is 16.0. The Kier molecular flexibility index (Phi) is 5.33. The van der Waals surface area contributed by atoms with Crippen molar-refractivity contribution in [2.24, 2.45) is 0 Å². The molecule has 136 valence electrons. The summed E-state index contributed by atoms with van der Waals surface area (Å²) in [5.41, 5.74) is 0.476. The van der Waals surface area contributed by atoms with Crippen molar-refractivity contribution in [2.75, 3.05) is 26.3 Å². The third kappa shape index (κ3) is 4.20. The lowest BCUT2D eigenvalue weighted by Gasteiger charge is -2.39. The highest BCUT2D eigenvalue weighted by molar-refractivity contribution is 9.10. The van der Waals surface area contributed by atoms with Gasteiger partial charge in [0.2, 0.25) is 0 Å². The lowest BCUT2D eigenvalue weighted by atomic mass is 9.99. The molecule has 3 fully saturated rings. The van der Waals surface area contributed by atoms with Gasteiger partial charge in [-0.05, 0) is 54.5 Å². The van der Waals surface area contributed by atoms with Crippen molar-refractivity contribution < 1.29 is 9.53 Å². The van der Waals surface area contributed by atoms with Gasteiger partial charge in [-0.1, -0.05) is 0 Å². The minimum Gasteiger partial charge on any atom is -0.381 e. The molecule has 4 rings (SSSR count). The van der Waals surface area contributed by atoms with Gasteiger partial charge in [0.15, 0.2) is 0 Å². The first kappa shape index (κ1) is 17.4. The second-order valence-corrected chi connectivity index (χ2v) is 8.18. The van der Waals surface area contributed by atoms with Crippen molar-refractivity contribution >= 4 is 21.8 Å². The van der Waals surface area contributed by atoms with Gasteiger partial charge in [-0.2, -0.15) is 0 Å². The first-order chi connectivity index (χ1) is 12.2. The molecule has 2 saturated heterocycles. The van der Waals surface area contributed by atoms with Gasteiger partial charge in [0.05, 0.1) is 4.47 Å². The minimum absolute atomic E-state index is 0.0827. The third-order valence-electron chi connectivity index (χ3n) is 5.49. The summed E-state index contributed by atoms with van der Waals surface area (Å²) in [4.78, 5) is 24.0. The number of hydrogen-bond donors (Lipinski definition) is 1. The molecule has 6 nitrogen and oxygen atoms in total. The van der Waals surface area contributed by atoms with Gasteiger partial charge in [-0.15, -0.1) is 0 Å². The first-order valence-electron chi connectivity index (χ1n) is 9.36. The zero-order chi connectivity index (χ0) is 17.2. The average Bonchev–Trinajstić information content (AvgIpc) is 3.48. The SMILES string of the molecule is O=C(NC1CCN(C2CCOCC2)CC1)c1nc(C2CC2)ncc1Br. The Morgan fingerprint density at radius 1 is 1.16 bits per heavy atom. The summed E-state index contributed by atoms with van der Waals surface area (Å²) in [6, 6.07) is 0.886. The molecule has 7 heteroatoms. The van der Waals surface area contributed by atoms with Crippen LogP contribution in [-0.4, -0.2) is 59.2 Å². The number of hydrogen-bond acceptors (Lipinski definition) is 5. The van der Waals surface area contributed by atoms with Crippen LogP contribution in [0.3, 0.4) is 0 Å². The van der Waals surface area contributed by atoms with Crippen LogP contribution in [0.5, 0.6) is 0 Å². The molecule has 0 bridgehead atoms. The van der Waals surface area contributed by atoms with Crippen molar-refractivity contribution in [1.29, 1.82) is 0 Å². The van der Waals surface area contributed by atoms with Crippen LogP contribution in [0.4, 0.5) is 0 Å². The average molecular weight is 409 g/mol. The van der Waals surface area contributed by atoms with E-state index in [1.54, 1.807) is 6.20 Å². The molecule has 0 atom stereocenters. The molecular weight excluding hydrogens is 384 g/mol. The lowest BCUT2D eigenvalue weighted by Crippen LogP contribution is -2.49. The maximum absolute atomic E-state index is 12.7. The van der Waals surface area contributed by atoms with Crippen LogP contribution in [-0.2, 0) is 4.74 Å². The number of rotatable bonds is 4. The molecule has 1 saturated carbocycles. The number of piperidine rings is 1. The maximum Gasteiger partial charge on any atom is 0.271 e. The van der Waals surface area contributed by atoms with Crippen molar-refractivity contribution in [3.8, 4) is 0 Å². The summed E-state index contributed by atoms with van der Waals surface area (Å²) < 4.78 is 6.13. The number of carbonyl (C=O) groups is 1. The molecule has 1 amide bonds. The standard InChI is InChI=1S/C18H25BrN4O2/c19-15-11-20-17(12-1-2-12)22-16(15)18(24)21-13-3-7-23(8-4-13)14-5-9-25-10-6-14/h11-14H,1-10H2,(H,21,24). The van der Waals surface area contributed by atoms with Gasteiger partial charge in [0, 0.05) is 50.5 Å². The van der Waals surface area contributed by atoms with E-state index in [4.69, 9.17) is 4.74 Å². The highest BCUT2D eigenvalue weighted by atomic mass is 79.9.